The zero-order chi connectivity index (χ0) is 13.9. The first kappa shape index (κ1) is 14.5. The van der Waals surface area contributed by atoms with Crippen molar-refractivity contribution in [1.29, 1.82) is 0 Å². The van der Waals surface area contributed by atoms with Crippen LogP contribution in [-0.2, 0) is 11.2 Å². The Morgan fingerprint density at radius 3 is 3.00 bits per heavy atom. The molecule has 0 spiro atoms. The Kier molecular flexibility index (Phi) is 4.58. The summed E-state index contributed by atoms with van der Waals surface area (Å²) in [4.78, 5) is 4.51. The van der Waals surface area contributed by atoms with Gasteiger partial charge in [0.2, 0.25) is 0 Å². The maximum Gasteiger partial charge on any atom is 0.0916 e. The first-order chi connectivity index (χ1) is 9.12. The standard InChI is InChI=1S/C16H25NO2/c1-4-16(3,19-5-2)15(18)13-10-6-8-12-9-7-11-17-14(12)13/h7,9,11,13,15,18H,4-6,8,10H2,1-3H3. The smallest absolute Gasteiger partial charge is 0.0916 e. The number of rotatable bonds is 5. The van der Waals surface area contributed by atoms with Gasteiger partial charge < -0.3 is 9.84 Å². The molecule has 0 amide bonds. The van der Waals surface area contributed by atoms with Gasteiger partial charge in [-0.1, -0.05) is 13.0 Å². The molecule has 0 saturated carbocycles. The second-order valence-corrected chi connectivity index (χ2v) is 5.59. The Hall–Kier alpha value is -0.930. The van der Waals surface area contributed by atoms with E-state index in [0.717, 1.165) is 31.4 Å². The molecule has 19 heavy (non-hydrogen) atoms. The number of ether oxygens (including phenoxy) is 1. The fraction of sp³-hybridized carbons (Fsp3) is 0.688. The third-order valence-corrected chi connectivity index (χ3v) is 4.42. The zero-order valence-corrected chi connectivity index (χ0v) is 12.2. The molecule has 1 aliphatic rings. The van der Waals surface area contributed by atoms with Gasteiger partial charge in [0.05, 0.1) is 11.7 Å². The van der Waals surface area contributed by atoms with Crippen LogP contribution >= 0.6 is 0 Å². The van der Waals surface area contributed by atoms with Gasteiger partial charge in [0.1, 0.15) is 0 Å². The van der Waals surface area contributed by atoms with Crippen molar-refractivity contribution in [3.63, 3.8) is 0 Å². The number of nitrogens with zero attached hydrogens (tertiary/aromatic N) is 1. The summed E-state index contributed by atoms with van der Waals surface area (Å²) >= 11 is 0. The number of aliphatic hydroxyl groups excluding tert-OH is 1. The first-order valence-corrected chi connectivity index (χ1v) is 7.38. The average molecular weight is 263 g/mol. The van der Waals surface area contributed by atoms with Gasteiger partial charge in [-0.3, -0.25) is 4.98 Å². The van der Waals surface area contributed by atoms with Crippen LogP contribution in [0.4, 0.5) is 0 Å². The van der Waals surface area contributed by atoms with E-state index in [0.29, 0.717) is 6.61 Å². The molecule has 1 heterocycles. The molecule has 1 aromatic rings. The van der Waals surface area contributed by atoms with E-state index in [1.54, 1.807) is 0 Å². The second kappa shape index (κ2) is 6.02. The van der Waals surface area contributed by atoms with E-state index in [1.807, 2.05) is 26.1 Å². The number of hydrogen-bond acceptors (Lipinski definition) is 3. The molecule has 1 aromatic heterocycles. The SMILES string of the molecule is CCOC(C)(CC)C(O)C1CCCc2cccnc21. The first-order valence-electron chi connectivity index (χ1n) is 7.38. The number of fused-ring (bicyclic) bond motifs is 1. The van der Waals surface area contributed by atoms with Gasteiger partial charge in [-0.25, -0.2) is 0 Å². The van der Waals surface area contributed by atoms with E-state index in [4.69, 9.17) is 4.74 Å². The topological polar surface area (TPSA) is 42.4 Å². The highest BCUT2D eigenvalue weighted by Crippen LogP contribution is 2.38. The van der Waals surface area contributed by atoms with Crippen LogP contribution in [-0.4, -0.2) is 28.4 Å². The van der Waals surface area contributed by atoms with E-state index in [9.17, 15) is 5.11 Å². The van der Waals surface area contributed by atoms with Crippen LogP contribution in [0.25, 0.3) is 0 Å². The maximum atomic E-state index is 10.8. The van der Waals surface area contributed by atoms with Crippen LogP contribution in [0.1, 0.15) is 57.2 Å². The lowest BCUT2D eigenvalue weighted by Gasteiger charge is -2.39. The molecule has 3 nitrogen and oxygen atoms in total. The third kappa shape index (κ3) is 2.82. The molecule has 106 valence electrons. The average Bonchev–Trinajstić information content (AvgIpc) is 2.46. The van der Waals surface area contributed by atoms with Gasteiger partial charge in [-0.2, -0.15) is 0 Å². The fourth-order valence-corrected chi connectivity index (χ4v) is 3.10. The molecule has 0 aliphatic heterocycles. The molecule has 0 aromatic carbocycles. The largest absolute Gasteiger partial charge is 0.389 e. The van der Waals surface area contributed by atoms with Crippen molar-refractivity contribution in [2.75, 3.05) is 6.61 Å². The van der Waals surface area contributed by atoms with Crippen molar-refractivity contribution in [1.82, 2.24) is 4.98 Å². The minimum atomic E-state index is -0.494. The van der Waals surface area contributed by atoms with E-state index in [2.05, 4.69) is 18.0 Å². The molecule has 2 rings (SSSR count). The van der Waals surface area contributed by atoms with Crippen molar-refractivity contribution >= 4 is 0 Å². The molecule has 0 fully saturated rings. The third-order valence-electron chi connectivity index (χ3n) is 4.42. The number of hydrogen-bond donors (Lipinski definition) is 1. The predicted octanol–water partition coefficient (Wildman–Crippen LogP) is 3.07. The molecule has 1 aliphatic carbocycles. The Bertz CT molecular complexity index is 421. The highest BCUT2D eigenvalue weighted by molar-refractivity contribution is 5.27. The summed E-state index contributed by atoms with van der Waals surface area (Å²) in [6.45, 7) is 6.69. The minimum absolute atomic E-state index is 0.0986. The molecule has 0 radical (unpaired) electrons. The van der Waals surface area contributed by atoms with Gasteiger partial charge in [0.15, 0.2) is 0 Å². The number of aromatic nitrogens is 1. The number of pyridine rings is 1. The minimum Gasteiger partial charge on any atom is -0.389 e. The van der Waals surface area contributed by atoms with Crippen molar-refractivity contribution in [2.24, 2.45) is 0 Å². The summed E-state index contributed by atoms with van der Waals surface area (Å²) in [6.07, 6.45) is 5.32. The summed E-state index contributed by atoms with van der Waals surface area (Å²) in [5, 5.41) is 10.8. The van der Waals surface area contributed by atoms with Crippen molar-refractivity contribution in [2.45, 2.75) is 64.1 Å². The summed E-state index contributed by atoms with van der Waals surface area (Å²) in [5.74, 6) is 0.0986. The van der Waals surface area contributed by atoms with E-state index in [1.165, 1.54) is 5.56 Å². The molecular formula is C16H25NO2. The van der Waals surface area contributed by atoms with Crippen molar-refractivity contribution in [3.8, 4) is 0 Å². The van der Waals surface area contributed by atoms with Crippen LogP contribution in [0.2, 0.25) is 0 Å². The molecule has 3 atom stereocenters. The highest BCUT2D eigenvalue weighted by atomic mass is 16.5. The summed E-state index contributed by atoms with van der Waals surface area (Å²) in [5.41, 5.74) is 1.87. The normalized spacial score (nSPS) is 23.5. The lowest BCUT2D eigenvalue weighted by molar-refractivity contribution is -0.121. The van der Waals surface area contributed by atoms with Crippen molar-refractivity contribution in [3.05, 3.63) is 29.6 Å². The monoisotopic (exact) mass is 263 g/mol. The van der Waals surface area contributed by atoms with Gasteiger partial charge in [-0.15, -0.1) is 0 Å². The second-order valence-electron chi connectivity index (χ2n) is 5.59. The van der Waals surface area contributed by atoms with Gasteiger partial charge >= 0.3 is 0 Å². The Labute approximate surface area is 116 Å². The summed E-state index contributed by atoms with van der Waals surface area (Å²) < 4.78 is 5.83. The Balaban J connectivity index is 2.27. The van der Waals surface area contributed by atoms with Gasteiger partial charge in [-0.05, 0) is 51.2 Å². The van der Waals surface area contributed by atoms with E-state index in [-0.39, 0.29) is 5.92 Å². The van der Waals surface area contributed by atoms with Gasteiger partial charge in [0, 0.05) is 24.4 Å². The number of aliphatic hydroxyl groups is 1. The lowest BCUT2D eigenvalue weighted by atomic mass is 9.77. The number of aryl methyl sites for hydroxylation is 1. The van der Waals surface area contributed by atoms with Crippen LogP contribution in [0.15, 0.2) is 18.3 Å². The van der Waals surface area contributed by atoms with Crippen LogP contribution in [0, 0.1) is 0 Å². The molecule has 1 N–H and O–H groups in total. The highest BCUT2D eigenvalue weighted by Gasteiger charge is 2.40. The van der Waals surface area contributed by atoms with Crippen LogP contribution in [0.3, 0.4) is 0 Å². The fourth-order valence-electron chi connectivity index (χ4n) is 3.10. The summed E-state index contributed by atoms with van der Waals surface area (Å²) in [6, 6.07) is 4.11. The zero-order valence-electron chi connectivity index (χ0n) is 12.2. The Morgan fingerprint density at radius 1 is 1.53 bits per heavy atom. The van der Waals surface area contributed by atoms with E-state index < -0.39 is 11.7 Å². The summed E-state index contributed by atoms with van der Waals surface area (Å²) in [7, 11) is 0. The Morgan fingerprint density at radius 2 is 2.32 bits per heavy atom. The van der Waals surface area contributed by atoms with Gasteiger partial charge in [0.25, 0.3) is 0 Å². The van der Waals surface area contributed by atoms with Crippen molar-refractivity contribution < 1.29 is 9.84 Å². The molecule has 0 saturated heterocycles. The molecule has 0 bridgehead atoms. The molecule has 3 unspecified atom stereocenters. The van der Waals surface area contributed by atoms with Crippen LogP contribution < -0.4 is 0 Å². The lowest BCUT2D eigenvalue weighted by Crippen LogP contribution is -2.46. The molecule has 3 heteroatoms. The quantitative estimate of drug-likeness (QED) is 0.887. The van der Waals surface area contributed by atoms with Crippen LogP contribution in [0.5, 0.6) is 0 Å². The maximum absolute atomic E-state index is 10.8. The molecular weight excluding hydrogens is 238 g/mol. The predicted molar refractivity (Wildman–Crippen MR) is 76.2 cm³/mol. The van der Waals surface area contributed by atoms with E-state index >= 15 is 0 Å².